The van der Waals surface area contributed by atoms with Gasteiger partial charge >= 0.3 is 0 Å². The molecule has 1 aromatic heterocycles. The molecule has 1 heteroatoms. The van der Waals surface area contributed by atoms with Crippen molar-refractivity contribution in [3.63, 3.8) is 0 Å². The Morgan fingerprint density at radius 2 is 2.08 bits per heavy atom. The average molecular weight is 182 g/mol. The van der Waals surface area contributed by atoms with E-state index in [1.807, 2.05) is 0 Å². The van der Waals surface area contributed by atoms with E-state index in [4.69, 9.17) is 0 Å². The summed E-state index contributed by atoms with van der Waals surface area (Å²) in [6, 6.07) is 2.23. The smallest absolute Gasteiger partial charge is 0.00613 e. The molecule has 0 aliphatic carbocycles. The molecule has 1 rings (SSSR count). The van der Waals surface area contributed by atoms with E-state index in [1.165, 1.54) is 18.4 Å². The maximum atomic E-state index is 2.34. The van der Waals surface area contributed by atoms with E-state index in [0.717, 1.165) is 11.8 Å². The molecule has 1 aromatic rings. The molecule has 1 heterocycles. The van der Waals surface area contributed by atoms with Gasteiger partial charge in [-0.05, 0) is 47.1 Å². The highest BCUT2D eigenvalue weighted by Crippen LogP contribution is 2.18. The van der Waals surface area contributed by atoms with Crippen LogP contribution in [0.15, 0.2) is 16.8 Å². The summed E-state index contributed by atoms with van der Waals surface area (Å²) >= 11 is 1.80. The molecule has 0 saturated heterocycles. The number of rotatable bonds is 4. The third kappa shape index (κ3) is 2.98. The fraction of sp³-hybridized carbons (Fsp3) is 0.636. The van der Waals surface area contributed by atoms with Crippen molar-refractivity contribution in [3.8, 4) is 0 Å². The lowest BCUT2D eigenvalue weighted by molar-refractivity contribution is 0.393. The largest absolute Gasteiger partial charge is 0.152 e. The highest BCUT2D eigenvalue weighted by molar-refractivity contribution is 7.07. The number of hydrogen-bond acceptors (Lipinski definition) is 1. The SMILES string of the molecule is CC(C)C(C)CCc1ccsc1. The van der Waals surface area contributed by atoms with Crippen molar-refractivity contribution in [3.05, 3.63) is 22.4 Å². The van der Waals surface area contributed by atoms with E-state index < -0.39 is 0 Å². The van der Waals surface area contributed by atoms with E-state index >= 15 is 0 Å². The Morgan fingerprint density at radius 3 is 2.58 bits per heavy atom. The van der Waals surface area contributed by atoms with Crippen LogP contribution >= 0.6 is 11.3 Å². The Balaban J connectivity index is 2.27. The van der Waals surface area contributed by atoms with E-state index in [-0.39, 0.29) is 0 Å². The van der Waals surface area contributed by atoms with E-state index in [0.29, 0.717) is 0 Å². The monoisotopic (exact) mass is 182 g/mol. The standard InChI is InChI=1S/C11H18S/c1-9(2)10(3)4-5-11-6-7-12-8-11/h6-10H,4-5H2,1-3H3. The third-order valence-corrected chi connectivity index (χ3v) is 3.34. The zero-order valence-electron chi connectivity index (χ0n) is 8.21. The highest BCUT2D eigenvalue weighted by Gasteiger charge is 2.06. The topological polar surface area (TPSA) is 0 Å². The molecule has 0 spiro atoms. The predicted molar refractivity (Wildman–Crippen MR) is 56.6 cm³/mol. The van der Waals surface area contributed by atoms with Crippen molar-refractivity contribution in [2.45, 2.75) is 33.6 Å². The number of aryl methyl sites for hydroxylation is 1. The first-order valence-electron chi connectivity index (χ1n) is 4.71. The van der Waals surface area contributed by atoms with Gasteiger partial charge in [-0.1, -0.05) is 20.8 Å². The maximum Gasteiger partial charge on any atom is -0.00613 e. The Hall–Kier alpha value is -0.300. The Morgan fingerprint density at radius 1 is 1.33 bits per heavy atom. The van der Waals surface area contributed by atoms with Gasteiger partial charge in [-0.25, -0.2) is 0 Å². The van der Waals surface area contributed by atoms with Gasteiger partial charge in [-0.2, -0.15) is 11.3 Å². The molecule has 68 valence electrons. The van der Waals surface area contributed by atoms with Gasteiger partial charge < -0.3 is 0 Å². The molecule has 1 atom stereocenters. The van der Waals surface area contributed by atoms with Crippen LogP contribution in [0.4, 0.5) is 0 Å². The van der Waals surface area contributed by atoms with Gasteiger partial charge in [0, 0.05) is 0 Å². The molecule has 0 aliphatic rings. The minimum Gasteiger partial charge on any atom is -0.152 e. The normalized spacial score (nSPS) is 13.7. The van der Waals surface area contributed by atoms with Crippen LogP contribution in [0.25, 0.3) is 0 Å². The molecular weight excluding hydrogens is 164 g/mol. The molecule has 0 fully saturated rings. The van der Waals surface area contributed by atoms with Gasteiger partial charge in [0.05, 0.1) is 0 Å². The van der Waals surface area contributed by atoms with Crippen molar-refractivity contribution in [2.24, 2.45) is 11.8 Å². The lowest BCUT2D eigenvalue weighted by atomic mass is 9.92. The summed E-state index contributed by atoms with van der Waals surface area (Å²) in [5.74, 6) is 1.67. The zero-order chi connectivity index (χ0) is 8.97. The first kappa shape index (κ1) is 9.79. The van der Waals surface area contributed by atoms with Gasteiger partial charge in [-0.3, -0.25) is 0 Å². The number of thiophene rings is 1. The summed E-state index contributed by atoms with van der Waals surface area (Å²) in [5.41, 5.74) is 1.51. The predicted octanol–water partition coefficient (Wildman–Crippen LogP) is 3.97. The number of hydrogen-bond donors (Lipinski definition) is 0. The first-order valence-corrected chi connectivity index (χ1v) is 5.65. The fourth-order valence-corrected chi connectivity index (χ4v) is 1.87. The van der Waals surface area contributed by atoms with Crippen LogP contribution in [0.5, 0.6) is 0 Å². The van der Waals surface area contributed by atoms with Gasteiger partial charge in [0.1, 0.15) is 0 Å². The van der Waals surface area contributed by atoms with Crippen molar-refractivity contribution >= 4 is 11.3 Å². The highest BCUT2D eigenvalue weighted by atomic mass is 32.1. The molecule has 0 radical (unpaired) electrons. The molecule has 1 unspecified atom stereocenters. The maximum absolute atomic E-state index is 2.34. The van der Waals surface area contributed by atoms with Gasteiger partial charge in [0.25, 0.3) is 0 Å². The minimum atomic E-state index is 0.823. The van der Waals surface area contributed by atoms with Gasteiger partial charge in [0.15, 0.2) is 0 Å². The summed E-state index contributed by atoms with van der Waals surface area (Å²) in [6.45, 7) is 6.95. The van der Waals surface area contributed by atoms with Crippen LogP contribution in [-0.4, -0.2) is 0 Å². The van der Waals surface area contributed by atoms with Crippen molar-refractivity contribution in [1.82, 2.24) is 0 Å². The van der Waals surface area contributed by atoms with Crippen LogP contribution in [0, 0.1) is 11.8 Å². The zero-order valence-corrected chi connectivity index (χ0v) is 9.03. The molecule has 0 saturated carbocycles. The lowest BCUT2D eigenvalue weighted by Gasteiger charge is -2.14. The molecule has 0 bridgehead atoms. The van der Waals surface area contributed by atoms with Gasteiger partial charge in [0.2, 0.25) is 0 Å². The first-order chi connectivity index (χ1) is 5.70. The summed E-state index contributed by atoms with van der Waals surface area (Å²) in [6.07, 6.45) is 2.58. The summed E-state index contributed by atoms with van der Waals surface area (Å²) in [7, 11) is 0. The van der Waals surface area contributed by atoms with Gasteiger partial charge in [-0.15, -0.1) is 0 Å². The second-order valence-corrected chi connectivity index (χ2v) is 4.67. The second kappa shape index (κ2) is 4.66. The molecular formula is C11H18S. The van der Waals surface area contributed by atoms with Crippen LogP contribution in [0.1, 0.15) is 32.8 Å². The van der Waals surface area contributed by atoms with Crippen molar-refractivity contribution < 1.29 is 0 Å². The Labute approximate surface area is 79.6 Å². The van der Waals surface area contributed by atoms with E-state index in [1.54, 1.807) is 11.3 Å². The minimum absolute atomic E-state index is 0.823. The van der Waals surface area contributed by atoms with Crippen molar-refractivity contribution in [1.29, 1.82) is 0 Å². The van der Waals surface area contributed by atoms with Crippen LogP contribution < -0.4 is 0 Å². The van der Waals surface area contributed by atoms with E-state index in [2.05, 4.69) is 37.6 Å². The van der Waals surface area contributed by atoms with Crippen molar-refractivity contribution in [2.75, 3.05) is 0 Å². The molecule has 0 N–H and O–H groups in total. The average Bonchev–Trinajstić information content (AvgIpc) is 2.51. The summed E-state index contributed by atoms with van der Waals surface area (Å²) in [5, 5.41) is 4.42. The molecule has 0 aliphatic heterocycles. The quantitative estimate of drug-likeness (QED) is 0.661. The second-order valence-electron chi connectivity index (χ2n) is 3.89. The molecule has 12 heavy (non-hydrogen) atoms. The summed E-state index contributed by atoms with van der Waals surface area (Å²) < 4.78 is 0. The van der Waals surface area contributed by atoms with Crippen LogP contribution in [0.2, 0.25) is 0 Å². The fourth-order valence-electron chi connectivity index (χ4n) is 1.16. The molecule has 0 nitrogen and oxygen atoms in total. The summed E-state index contributed by atoms with van der Waals surface area (Å²) in [4.78, 5) is 0. The van der Waals surface area contributed by atoms with E-state index in [9.17, 15) is 0 Å². The Kier molecular flexibility index (Phi) is 3.80. The molecule has 0 amide bonds. The lowest BCUT2D eigenvalue weighted by Crippen LogP contribution is -2.04. The third-order valence-electron chi connectivity index (χ3n) is 2.61. The molecule has 0 aromatic carbocycles. The van der Waals surface area contributed by atoms with Crippen LogP contribution in [0.3, 0.4) is 0 Å². The Bertz CT molecular complexity index is 199. The van der Waals surface area contributed by atoms with Crippen LogP contribution in [-0.2, 0) is 6.42 Å².